The molecule has 0 radical (unpaired) electrons. The topological polar surface area (TPSA) is 123 Å². The van der Waals surface area contributed by atoms with Crippen LogP contribution in [-0.4, -0.2) is 30.3 Å². The molecule has 0 aliphatic rings. The molecule has 4 aromatic carbocycles. The van der Waals surface area contributed by atoms with Crippen molar-refractivity contribution >= 4 is 39.8 Å². The van der Waals surface area contributed by atoms with E-state index in [9.17, 15) is 9.59 Å². The van der Waals surface area contributed by atoms with Crippen LogP contribution in [0.2, 0.25) is 0 Å². The van der Waals surface area contributed by atoms with Gasteiger partial charge in [-0.1, -0.05) is 66.7 Å². The lowest BCUT2D eigenvalue weighted by Gasteiger charge is -2.18. The second kappa shape index (κ2) is 12.9. The zero-order chi connectivity index (χ0) is 26.7. The number of nitrogens with one attached hydrogen (secondary N) is 2. The minimum absolute atomic E-state index is 0.0939. The Hall–Kier alpha value is -4.82. The minimum atomic E-state index is -0.678. The number of nitrogen functional groups attached to an aromatic ring is 1. The highest BCUT2D eigenvalue weighted by Crippen LogP contribution is 2.27. The lowest BCUT2D eigenvalue weighted by Crippen LogP contribution is -2.18. The molecule has 38 heavy (non-hydrogen) atoms. The van der Waals surface area contributed by atoms with Gasteiger partial charge in [-0.05, 0) is 47.4 Å². The Bertz CT molecular complexity index is 1410. The first-order valence-corrected chi connectivity index (χ1v) is 12.1. The van der Waals surface area contributed by atoms with Crippen LogP contribution in [0.25, 0.3) is 10.8 Å². The first-order chi connectivity index (χ1) is 18.5. The summed E-state index contributed by atoms with van der Waals surface area (Å²) in [6.07, 6.45) is 1.96. The van der Waals surface area contributed by atoms with Gasteiger partial charge in [0.15, 0.2) is 0 Å². The largest absolute Gasteiger partial charge is 0.491 e. The second-order valence-electron chi connectivity index (χ2n) is 8.40. The third-order valence-corrected chi connectivity index (χ3v) is 5.73. The number of hydrogen-bond acceptors (Lipinski definition) is 6. The van der Waals surface area contributed by atoms with Crippen molar-refractivity contribution < 1.29 is 24.2 Å². The normalized spacial score (nSPS) is 11.7. The number of amides is 2. The molecule has 8 nitrogen and oxygen atoms in total. The van der Waals surface area contributed by atoms with E-state index in [1.54, 1.807) is 54.6 Å². The Morgan fingerprint density at radius 2 is 1.58 bits per heavy atom. The molecule has 0 saturated heterocycles. The predicted octanol–water partition coefficient (Wildman–Crippen LogP) is 5.67. The number of benzene rings is 4. The zero-order valence-corrected chi connectivity index (χ0v) is 20.7. The van der Waals surface area contributed by atoms with Crippen LogP contribution in [0.4, 0.5) is 21.9 Å². The number of ether oxygens (including phenoxy) is 2. The third-order valence-electron chi connectivity index (χ3n) is 5.73. The van der Waals surface area contributed by atoms with Crippen molar-refractivity contribution in [2.24, 2.45) is 0 Å². The summed E-state index contributed by atoms with van der Waals surface area (Å²) in [6.45, 7) is 0.0831. The highest BCUT2D eigenvalue weighted by atomic mass is 16.6. The van der Waals surface area contributed by atoms with E-state index in [0.717, 1.165) is 10.8 Å². The molecule has 5 N–H and O–H groups in total. The number of fused-ring (bicyclic) bond motifs is 1. The minimum Gasteiger partial charge on any atom is -0.491 e. The Morgan fingerprint density at radius 1 is 0.868 bits per heavy atom. The molecule has 0 saturated carbocycles. The lowest BCUT2D eigenvalue weighted by molar-refractivity contribution is -0.111. The molecule has 194 valence electrons. The zero-order valence-electron chi connectivity index (χ0n) is 20.7. The molecule has 1 atom stereocenters. The van der Waals surface area contributed by atoms with E-state index in [1.807, 2.05) is 42.5 Å². The molecular formula is C30H29N3O5. The number of hydrogen-bond donors (Lipinski definition) is 4. The average Bonchev–Trinajstić information content (AvgIpc) is 2.93. The van der Waals surface area contributed by atoms with Gasteiger partial charge in [0.1, 0.15) is 18.5 Å². The van der Waals surface area contributed by atoms with E-state index in [1.165, 1.54) is 6.08 Å². The van der Waals surface area contributed by atoms with Crippen LogP contribution >= 0.6 is 0 Å². The van der Waals surface area contributed by atoms with Crippen molar-refractivity contribution in [3.63, 3.8) is 0 Å². The first kappa shape index (κ1) is 26.2. The summed E-state index contributed by atoms with van der Waals surface area (Å²) in [7, 11) is 0. The lowest BCUT2D eigenvalue weighted by atomic mass is 10.1. The summed E-state index contributed by atoms with van der Waals surface area (Å²) < 4.78 is 11.2. The summed E-state index contributed by atoms with van der Waals surface area (Å²) in [6, 6.07) is 27.4. The second-order valence-corrected chi connectivity index (χ2v) is 8.40. The highest BCUT2D eigenvalue weighted by Gasteiger charge is 2.17. The summed E-state index contributed by atoms with van der Waals surface area (Å²) >= 11 is 0. The summed E-state index contributed by atoms with van der Waals surface area (Å²) in [4.78, 5) is 25.3. The molecular weight excluding hydrogens is 482 g/mol. The average molecular weight is 512 g/mol. The molecule has 2 amide bonds. The first-order valence-electron chi connectivity index (χ1n) is 12.1. The van der Waals surface area contributed by atoms with Gasteiger partial charge in [0.05, 0.1) is 23.7 Å². The van der Waals surface area contributed by atoms with Gasteiger partial charge < -0.3 is 25.6 Å². The SMILES string of the molecule is Nc1ccccc1NC(=O)/C=C/C[C@H](OC(=O)Nc1cccc2ccccc12)c1ccc(OCCO)cc1. The third kappa shape index (κ3) is 7.11. The summed E-state index contributed by atoms with van der Waals surface area (Å²) in [5, 5.41) is 16.4. The van der Waals surface area contributed by atoms with E-state index in [0.29, 0.717) is 28.4 Å². The maximum Gasteiger partial charge on any atom is 0.412 e. The number of rotatable bonds is 10. The van der Waals surface area contributed by atoms with Crippen LogP contribution in [0.5, 0.6) is 5.75 Å². The smallest absolute Gasteiger partial charge is 0.412 e. The highest BCUT2D eigenvalue weighted by molar-refractivity contribution is 6.01. The maximum atomic E-state index is 12.9. The molecule has 0 bridgehead atoms. The Morgan fingerprint density at radius 3 is 2.37 bits per heavy atom. The van der Waals surface area contributed by atoms with Crippen LogP contribution < -0.4 is 21.1 Å². The van der Waals surface area contributed by atoms with Gasteiger partial charge in [0, 0.05) is 11.8 Å². The Labute approximate surface area is 220 Å². The van der Waals surface area contributed by atoms with E-state index in [4.69, 9.17) is 20.3 Å². The number of para-hydroxylation sites is 2. The van der Waals surface area contributed by atoms with Crippen molar-refractivity contribution in [1.29, 1.82) is 0 Å². The van der Waals surface area contributed by atoms with Gasteiger partial charge in [-0.15, -0.1) is 0 Å². The fourth-order valence-electron chi connectivity index (χ4n) is 3.88. The number of aliphatic hydroxyl groups excluding tert-OH is 1. The Balaban J connectivity index is 1.47. The van der Waals surface area contributed by atoms with Gasteiger partial charge >= 0.3 is 6.09 Å². The summed E-state index contributed by atoms with van der Waals surface area (Å²) in [5.74, 6) is 0.228. The molecule has 8 heteroatoms. The molecule has 0 unspecified atom stereocenters. The van der Waals surface area contributed by atoms with E-state index >= 15 is 0 Å². The fourth-order valence-corrected chi connectivity index (χ4v) is 3.88. The van der Waals surface area contributed by atoms with Crippen molar-refractivity contribution in [3.8, 4) is 5.75 Å². The van der Waals surface area contributed by atoms with E-state index in [-0.39, 0.29) is 25.5 Å². The molecule has 0 aromatic heterocycles. The fraction of sp³-hybridized carbons (Fsp3) is 0.133. The van der Waals surface area contributed by atoms with Crippen LogP contribution in [0, 0.1) is 0 Å². The number of aliphatic hydroxyl groups is 1. The maximum absolute atomic E-state index is 12.9. The molecule has 4 aromatic rings. The molecule has 0 spiro atoms. The molecule has 0 fully saturated rings. The monoisotopic (exact) mass is 511 g/mol. The van der Waals surface area contributed by atoms with Gasteiger partial charge in [-0.3, -0.25) is 10.1 Å². The van der Waals surface area contributed by atoms with Gasteiger partial charge in [-0.25, -0.2) is 4.79 Å². The standard InChI is InChI=1S/C30H29N3O5/c31-25-10-3-4-11-27(25)32-29(35)14-6-13-28(22-15-17-23(18-16-22)37-20-19-34)38-30(36)33-26-12-5-8-21-7-1-2-9-24(21)26/h1-12,14-18,28,34H,13,19-20,31H2,(H,32,35)(H,33,36)/b14-6+/t28-/m0/s1. The molecule has 0 aliphatic heterocycles. The number of carbonyl (C=O) groups excluding carboxylic acids is 2. The van der Waals surface area contributed by atoms with Crippen LogP contribution in [0.3, 0.4) is 0 Å². The molecule has 0 heterocycles. The Kier molecular flexibility index (Phi) is 8.93. The summed E-state index contributed by atoms with van der Waals surface area (Å²) in [5.41, 5.74) is 8.22. The van der Waals surface area contributed by atoms with Gasteiger partial charge in [0.25, 0.3) is 0 Å². The quantitative estimate of drug-likeness (QED) is 0.161. The molecule has 0 aliphatic carbocycles. The van der Waals surface area contributed by atoms with Crippen molar-refractivity contribution in [2.45, 2.75) is 12.5 Å². The van der Waals surface area contributed by atoms with Crippen LogP contribution in [-0.2, 0) is 9.53 Å². The van der Waals surface area contributed by atoms with E-state index in [2.05, 4.69) is 10.6 Å². The van der Waals surface area contributed by atoms with E-state index < -0.39 is 12.2 Å². The predicted molar refractivity (Wildman–Crippen MR) is 149 cm³/mol. The van der Waals surface area contributed by atoms with Crippen LogP contribution in [0.15, 0.2) is 103 Å². The number of anilines is 3. The van der Waals surface area contributed by atoms with Gasteiger partial charge in [-0.2, -0.15) is 0 Å². The van der Waals surface area contributed by atoms with Gasteiger partial charge in [0.2, 0.25) is 5.91 Å². The van der Waals surface area contributed by atoms with Crippen LogP contribution in [0.1, 0.15) is 18.1 Å². The number of nitrogens with two attached hydrogens (primary N) is 1. The van der Waals surface area contributed by atoms with Crippen molar-refractivity contribution in [1.82, 2.24) is 0 Å². The molecule has 4 rings (SSSR count). The number of carbonyl (C=O) groups is 2. The van der Waals surface area contributed by atoms with Crippen molar-refractivity contribution in [2.75, 3.05) is 29.6 Å². The van der Waals surface area contributed by atoms with Crippen molar-refractivity contribution in [3.05, 3.63) is 109 Å².